The Hall–Kier alpha value is -0.0100. The number of hydrogen-bond acceptors (Lipinski definition) is 6. The predicted molar refractivity (Wildman–Crippen MR) is 65.0 cm³/mol. The second-order valence-electron chi connectivity index (χ2n) is 3.36. The van der Waals surface area contributed by atoms with Crippen LogP contribution in [0.15, 0.2) is 0 Å². The number of ether oxygens (including phenoxy) is 2. The molecule has 7 nitrogen and oxygen atoms in total. The first kappa shape index (κ1) is 18.0. The molecule has 0 bridgehead atoms. The Balaban J connectivity index is 3.38. The Morgan fingerprint density at radius 3 is 2.33 bits per heavy atom. The minimum Gasteiger partial charge on any atom is -0.379 e. The van der Waals surface area contributed by atoms with Gasteiger partial charge in [-0.05, 0) is 13.3 Å². The summed E-state index contributed by atoms with van der Waals surface area (Å²) in [6.07, 6.45) is 1.66. The molecule has 0 radical (unpaired) electrons. The van der Waals surface area contributed by atoms with Crippen molar-refractivity contribution in [2.24, 2.45) is 0 Å². The van der Waals surface area contributed by atoms with Crippen LogP contribution in [0.25, 0.3) is 0 Å². The normalized spacial score (nSPS) is 14.6. The fraction of sp³-hybridized carbons (Fsp3) is 1.00. The highest BCUT2D eigenvalue weighted by atomic mass is 31.2. The number of unbranched alkanes of at least 4 members (excludes halogenated alkanes) is 1. The molecular formula is C10H23O7P. The molecule has 110 valence electrons. The molecule has 0 amide bonds. The van der Waals surface area contributed by atoms with Crippen molar-refractivity contribution in [3.63, 3.8) is 0 Å². The summed E-state index contributed by atoms with van der Waals surface area (Å²) in [7, 11) is -4.13. The van der Waals surface area contributed by atoms with Gasteiger partial charge in [0.1, 0.15) is 0 Å². The number of phosphoric acid groups is 1. The van der Waals surface area contributed by atoms with Crippen molar-refractivity contribution >= 4 is 7.82 Å². The molecular weight excluding hydrogens is 263 g/mol. The molecule has 0 fully saturated rings. The molecule has 0 saturated carbocycles. The topological polar surface area (TPSA) is 83.5 Å². The van der Waals surface area contributed by atoms with Crippen molar-refractivity contribution in [2.75, 3.05) is 39.6 Å². The Kier molecular flexibility index (Phi) is 12.0. The van der Waals surface area contributed by atoms with Crippen LogP contribution in [0.4, 0.5) is 0 Å². The SMILES string of the molecule is CCCCOOP(=O)(O)OCCOCCOCC. The molecule has 0 heterocycles. The van der Waals surface area contributed by atoms with Crippen LogP contribution in [0, 0.1) is 0 Å². The number of phosphoric ester groups is 1. The summed E-state index contributed by atoms with van der Waals surface area (Å²) in [5, 5.41) is 0. The van der Waals surface area contributed by atoms with E-state index in [9.17, 15) is 4.57 Å². The van der Waals surface area contributed by atoms with Crippen LogP contribution >= 0.6 is 7.82 Å². The average Bonchev–Trinajstić information content (AvgIpc) is 2.34. The zero-order valence-corrected chi connectivity index (χ0v) is 11.9. The van der Waals surface area contributed by atoms with Gasteiger partial charge in [0.25, 0.3) is 0 Å². The third kappa shape index (κ3) is 12.4. The quantitative estimate of drug-likeness (QED) is 0.239. The van der Waals surface area contributed by atoms with Gasteiger partial charge in [0, 0.05) is 6.61 Å². The second kappa shape index (κ2) is 12.0. The van der Waals surface area contributed by atoms with E-state index in [0.717, 1.165) is 12.8 Å². The van der Waals surface area contributed by atoms with Gasteiger partial charge >= 0.3 is 7.82 Å². The fourth-order valence-corrected chi connectivity index (χ4v) is 1.46. The molecule has 1 unspecified atom stereocenters. The van der Waals surface area contributed by atoms with Crippen molar-refractivity contribution in [1.82, 2.24) is 0 Å². The zero-order valence-electron chi connectivity index (χ0n) is 11.0. The summed E-state index contributed by atoms with van der Waals surface area (Å²) < 4.78 is 30.3. The van der Waals surface area contributed by atoms with Crippen molar-refractivity contribution in [2.45, 2.75) is 26.7 Å². The molecule has 0 aromatic carbocycles. The van der Waals surface area contributed by atoms with Crippen molar-refractivity contribution in [3.8, 4) is 0 Å². The monoisotopic (exact) mass is 286 g/mol. The first-order valence-corrected chi connectivity index (χ1v) is 7.56. The maximum atomic E-state index is 11.2. The van der Waals surface area contributed by atoms with E-state index in [0.29, 0.717) is 19.8 Å². The molecule has 0 aliphatic carbocycles. The van der Waals surface area contributed by atoms with Crippen LogP contribution in [0.1, 0.15) is 26.7 Å². The lowest BCUT2D eigenvalue weighted by Gasteiger charge is -2.11. The van der Waals surface area contributed by atoms with Gasteiger partial charge in [0.15, 0.2) is 0 Å². The van der Waals surface area contributed by atoms with E-state index in [-0.39, 0.29) is 19.8 Å². The summed E-state index contributed by atoms with van der Waals surface area (Å²) in [6, 6.07) is 0. The lowest BCUT2D eigenvalue weighted by Crippen LogP contribution is -2.09. The summed E-state index contributed by atoms with van der Waals surface area (Å²) in [5.74, 6) is 0. The van der Waals surface area contributed by atoms with Crippen LogP contribution in [-0.2, 0) is 28.1 Å². The molecule has 1 N–H and O–H groups in total. The Morgan fingerprint density at radius 1 is 1.00 bits per heavy atom. The van der Waals surface area contributed by atoms with Gasteiger partial charge in [0.05, 0.1) is 33.0 Å². The molecule has 0 aromatic rings. The van der Waals surface area contributed by atoms with Crippen LogP contribution in [0.2, 0.25) is 0 Å². The van der Waals surface area contributed by atoms with Gasteiger partial charge in [-0.1, -0.05) is 13.3 Å². The zero-order chi connectivity index (χ0) is 13.7. The van der Waals surface area contributed by atoms with Gasteiger partial charge in [-0.3, -0.25) is 4.52 Å². The standard InChI is InChI=1S/C10H23O7P/c1-3-5-6-15-17-18(11,12)16-10-9-14-8-7-13-4-2/h3-10H2,1-2H3,(H,11,12). The number of rotatable bonds is 13. The summed E-state index contributed by atoms with van der Waals surface area (Å²) in [4.78, 5) is 13.7. The third-order valence-electron chi connectivity index (χ3n) is 1.79. The molecule has 0 rings (SSSR count). The van der Waals surface area contributed by atoms with Crippen LogP contribution < -0.4 is 0 Å². The highest BCUT2D eigenvalue weighted by Crippen LogP contribution is 2.43. The smallest absolute Gasteiger partial charge is 0.379 e. The van der Waals surface area contributed by atoms with Crippen LogP contribution in [0.5, 0.6) is 0 Å². The van der Waals surface area contributed by atoms with E-state index in [2.05, 4.69) is 14.1 Å². The van der Waals surface area contributed by atoms with Gasteiger partial charge in [-0.15, -0.1) is 4.67 Å². The minimum atomic E-state index is -4.13. The van der Waals surface area contributed by atoms with Gasteiger partial charge < -0.3 is 14.4 Å². The molecule has 8 heteroatoms. The van der Waals surface area contributed by atoms with Crippen molar-refractivity contribution in [3.05, 3.63) is 0 Å². The summed E-state index contributed by atoms with van der Waals surface area (Å²) >= 11 is 0. The lowest BCUT2D eigenvalue weighted by atomic mass is 10.4. The van der Waals surface area contributed by atoms with Crippen molar-refractivity contribution in [1.29, 1.82) is 0 Å². The molecule has 18 heavy (non-hydrogen) atoms. The van der Waals surface area contributed by atoms with E-state index < -0.39 is 7.82 Å². The van der Waals surface area contributed by atoms with E-state index in [1.165, 1.54) is 0 Å². The fourth-order valence-electron chi connectivity index (χ4n) is 0.904. The van der Waals surface area contributed by atoms with E-state index in [4.69, 9.17) is 14.4 Å². The first-order valence-electron chi connectivity index (χ1n) is 6.06. The van der Waals surface area contributed by atoms with Crippen molar-refractivity contribution < 1.29 is 33.0 Å². The molecule has 0 spiro atoms. The van der Waals surface area contributed by atoms with Crippen LogP contribution in [0.3, 0.4) is 0 Å². The highest BCUT2D eigenvalue weighted by molar-refractivity contribution is 7.47. The molecule has 0 aromatic heterocycles. The average molecular weight is 286 g/mol. The Bertz CT molecular complexity index is 224. The molecule has 0 saturated heterocycles. The predicted octanol–water partition coefficient (Wildman–Crippen LogP) is 1.90. The lowest BCUT2D eigenvalue weighted by molar-refractivity contribution is -0.225. The van der Waals surface area contributed by atoms with E-state index in [1.54, 1.807) is 0 Å². The Morgan fingerprint density at radius 2 is 1.67 bits per heavy atom. The highest BCUT2D eigenvalue weighted by Gasteiger charge is 2.22. The van der Waals surface area contributed by atoms with Crippen LogP contribution in [-0.4, -0.2) is 44.5 Å². The Labute approximate surface area is 108 Å². The largest absolute Gasteiger partial charge is 0.499 e. The maximum absolute atomic E-state index is 11.2. The minimum absolute atomic E-state index is 0.0446. The first-order chi connectivity index (χ1) is 8.62. The summed E-state index contributed by atoms with van der Waals surface area (Å²) in [5.41, 5.74) is 0. The van der Waals surface area contributed by atoms with E-state index in [1.807, 2.05) is 13.8 Å². The second-order valence-corrected chi connectivity index (χ2v) is 4.71. The number of hydrogen-bond donors (Lipinski definition) is 1. The molecule has 0 aliphatic rings. The van der Waals surface area contributed by atoms with Gasteiger partial charge in [-0.2, -0.15) is 0 Å². The van der Waals surface area contributed by atoms with Gasteiger partial charge in [-0.25, -0.2) is 9.45 Å². The summed E-state index contributed by atoms with van der Waals surface area (Å²) in [6.45, 7) is 5.81. The van der Waals surface area contributed by atoms with E-state index >= 15 is 0 Å². The maximum Gasteiger partial charge on any atom is 0.499 e. The van der Waals surface area contributed by atoms with Gasteiger partial charge in [0.2, 0.25) is 0 Å². The third-order valence-corrected chi connectivity index (χ3v) is 2.59. The molecule has 1 atom stereocenters. The molecule has 0 aliphatic heterocycles.